The predicted octanol–water partition coefficient (Wildman–Crippen LogP) is 3.07. The SMILES string of the molecule is Cc1cc(C(=O)Nc2ccc(N3CCNCC3=O)cc2F)n(-c2cc3ccccc3cc2S(C)(=O)=O)n1. The van der Waals surface area contributed by atoms with Gasteiger partial charge in [0.05, 0.1) is 28.5 Å². The van der Waals surface area contributed by atoms with Gasteiger partial charge in [-0.3, -0.25) is 9.59 Å². The van der Waals surface area contributed by atoms with Gasteiger partial charge in [-0.2, -0.15) is 5.10 Å². The fourth-order valence-electron chi connectivity index (χ4n) is 4.35. The van der Waals surface area contributed by atoms with Crippen LogP contribution in [0.2, 0.25) is 0 Å². The summed E-state index contributed by atoms with van der Waals surface area (Å²) in [6, 6.07) is 16.1. The second-order valence-corrected chi connectivity index (χ2v) is 10.8. The molecule has 9 nitrogen and oxygen atoms in total. The molecule has 0 saturated carbocycles. The number of rotatable bonds is 5. The Morgan fingerprint density at radius 2 is 1.81 bits per heavy atom. The first-order valence-electron chi connectivity index (χ1n) is 11.5. The van der Waals surface area contributed by atoms with Crippen molar-refractivity contribution in [1.29, 1.82) is 0 Å². The molecule has 0 radical (unpaired) electrons. The molecule has 4 aromatic rings. The molecule has 2 heterocycles. The van der Waals surface area contributed by atoms with Crippen molar-refractivity contribution in [2.24, 2.45) is 0 Å². The van der Waals surface area contributed by atoms with E-state index in [1.54, 1.807) is 31.2 Å². The van der Waals surface area contributed by atoms with E-state index in [-0.39, 0.29) is 34.4 Å². The highest BCUT2D eigenvalue weighted by molar-refractivity contribution is 7.90. The van der Waals surface area contributed by atoms with Crippen LogP contribution in [-0.2, 0) is 14.6 Å². The van der Waals surface area contributed by atoms with Gasteiger partial charge in [-0.25, -0.2) is 17.5 Å². The van der Waals surface area contributed by atoms with Crippen molar-refractivity contribution < 1.29 is 22.4 Å². The summed E-state index contributed by atoms with van der Waals surface area (Å²) >= 11 is 0. The van der Waals surface area contributed by atoms with Gasteiger partial charge in [0, 0.05) is 25.0 Å². The molecule has 1 saturated heterocycles. The van der Waals surface area contributed by atoms with Crippen molar-refractivity contribution in [1.82, 2.24) is 15.1 Å². The Labute approximate surface area is 212 Å². The van der Waals surface area contributed by atoms with Crippen molar-refractivity contribution in [3.8, 4) is 5.69 Å². The third kappa shape index (κ3) is 4.83. The lowest BCUT2D eigenvalue weighted by Gasteiger charge is -2.27. The molecular weight excluding hydrogens is 497 g/mol. The van der Waals surface area contributed by atoms with Crippen LogP contribution in [0.3, 0.4) is 0 Å². The molecule has 0 bridgehead atoms. The summed E-state index contributed by atoms with van der Waals surface area (Å²) in [6.45, 7) is 2.86. The van der Waals surface area contributed by atoms with Gasteiger partial charge >= 0.3 is 0 Å². The first kappa shape index (κ1) is 24.6. The first-order chi connectivity index (χ1) is 17.6. The normalized spacial score (nSPS) is 14.2. The highest BCUT2D eigenvalue weighted by Gasteiger charge is 2.24. The van der Waals surface area contributed by atoms with Crippen LogP contribution in [0.1, 0.15) is 16.2 Å². The maximum absolute atomic E-state index is 15.0. The van der Waals surface area contributed by atoms with Crippen molar-refractivity contribution in [3.05, 3.63) is 77.9 Å². The Morgan fingerprint density at radius 3 is 2.49 bits per heavy atom. The van der Waals surface area contributed by atoms with Crippen molar-refractivity contribution in [2.45, 2.75) is 11.8 Å². The molecule has 1 aliphatic heterocycles. The molecule has 0 unspecified atom stereocenters. The van der Waals surface area contributed by atoms with Crippen LogP contribution in [0.4, 0.5) is 15.8 Å². The minimum atomic E-state index is -3.68. The quantitative estimate of drug-likeness (QED) is 0.417. The Bertz CT molecular complexity index is 1670. The molecule has 0 aliphatic carbocycles. The number of carbonyl (C=O) groups excluding carboxylic acids is 2. The minimum absolute atomic E-state index is 0.0135. The van der Waals surface area contributed by atoms with Gasteiger partial charge in [0.25, 0.3) is 5.91 Å². The molecule has 190 valence electrons. The lowest BCUT2D eigenvalue weighted by molar-refractivity contribution is -0.118. The second-order valence-electron chi connectivity index (χ2n) is 8.86. The number of hydrogen-bond acceptors (Lipinski definition) is 6. The standard InChI is InChI=1S/C26H24FN5O4S/c1-16-11-23(26(34)29-21-8-7-19(14-20(21)27)31-10-9-28-15-25(31)33)32(30-16)22-12-17-5-3-4-6-18(17)13-24(22)37(2,35)36/h3-8,11-14,28H,9-10,15H2,1-2H3,(H,29,34). The highest BCUT2D eigenvalue weighted by Crippen LogP contribution is 2.29. The van der Waals surface area contributed by atoms with Crippen molar-refractivity contribution >= 4 is 43.8 Å². The van der Waals surface area contributed by atoms with E-state index >= 15 is 0 Å². The summed E-state index contributed by atoms with van der Waals surface area (Å²) in [5, 5.41) is 11.4. The smallest absolute Gasteiger partial charge is 0.274 e. The number of amides is 2. The van der Waals surface area contributed by atoms with Crippen LogP contribution in [-0.4, -0.2) is 55.9 Å². The molecule has 1 aromatic heterocycles. The van der Waals surface area contributed by atoms with E-state index in [4.69, 9.17) is 0 Å². The molecule has 2 amide bonds. The average Bonchev–Trinajstić information content (AvgIpc) is 3.26. The molecule has 1 aliphatic rings. The number of carbonyl (C=O) groups is 2. The van der Waals surface area contributed by atoms with E-state index in [0.29, 0.717) is 24.5 Å². The van der Waals surface area contributed by atoms with Gasteiger partial charge in [0.1, 0.15) is 11.5 Å². The number of aryl methyl sites for hydroxylation is 1. The summed E-state index contributed by atoms with van der Waals surface area (Å²) in [4.78, 5) is 26.9. The highest BCUT2D eigenvalue weighted by atomic mass is 32.2. The largest absolute Gasteiger partial charge is 0.318 e. The van der Waals surface area contributed by atoms with Gasteiger partial charge in [0.15, 0.2) is 9.84 Å². The molecule has 5 rings (SSSR count). The number of hydrogen-bond donors (Lipinski definition) is 2. The number of benzene rings is 3. The topological polar surface area (TPSA) is 113 Å². The Kier molecular flexibility index (Phi) is 6.26. The average molecular weight is 522 g/mol. The molecule has 0 spiro atoms. The zero-order valence-electron chi connectivity index (χ0n) is 20.2. The number of sulfone groups is 1. The fourth-order valence-corrected chi connectivity index (χ4v) is 5.22. The van der Waals surface area contributed by atoms with E-state index in [2.05, 4.69) is 15.7 Å². The van der Waals surface area contributed by atoms with Crippen LogP contribution >= 0.6 is 0 Å². The molecular formula is C26H24FN5O4S. The number of halogens is 1. The Hall–Kier alpha value is -4.09. The Balaban J connectivity index is 1.51. The van der Waals surface area contributed by atoms with Gasteiger partial charge in [-0.1, -0.05) is 24.3 Å². The summed E-state index contributed by atoms with van der Waals surface area (Å²) in [5.41, 5.74) is 1.05. The van der Waals surface area contributed by atoms with Crippen LogP contribution in [0.15, 0.2) is 65.6 Å². The van der Waals surface area contributed by atoms with Crippen LogP contribution in [0.5, 0.6) is 0 Å². The lowest BCUT2D eigenvalue weighted by Crippen LogP contribution is -2.48. The van der Waals surface area contributed by atoms with Gasteiger partial charge in [-0.05, 0) is 54.1 Å². The summed E-state index contributed by atoms with van der Waals surface area (Å²) < 4.78 is 41.5. The number of nitrogens with one attached hydrogen (secondary N) is 2. The second kappa shape index (κ2) is 9.41. The maximum Gasteiger partial charge on any atom is 0.274 e. The number of nitrogens with zero attached hydrogens (tertiary/aromatic N) is 3. The molecule has 3 aromatic carbocycles. The molecule has 1 fully saturated rings. The van der Waals surface area contributed by atoms with Crippen LogP contribution in [0, 0.1) is 12.7 Å². The van der Waals surface area contributed by atoms with E-state index < -0.39 is 21.6 Å². The third-order valence-corrected chi connectivity index (χ3v) is 7.25. The zero-order valence-corrected chi connectivity index (χ0v) is 21.0. The number of aromatic nitrogens is 2. The van der Waals surface area contributed by atoms with E-state index in [1.807, 2.05) is 18.2 Å². The van der Waals surface area contributed by atoms with E-state index in [1.165, 1.54) is 27.8 Å². The zero-order chi connectivity index (χ0) is 26.3. The van der Waals surface area contributed by atoms with Crippen LogP contribution in [0.25, 0.3) is 16.5 Å². The first-order valence-corrected chi connectivity index (χ1v) is 13.4. The summed E-state index contributed by atoms with van der Waals surface area (Å²) in [7, 11) is -3.68. The monoisotopic (exact) mass is 521 g/mol. The number of piperazine rings is 1. The van der Waals surface area contributed by atoms with Crippen molar-refractivity contribution in [2.75, 3.05) is 36.1 Å². The number of anilines is 2. The van der Waals surface area contributed by atoms with Gasteiger partial charge in [-0.15, -0.1) is 0 Å². The third-order valence-electron chi connectivity index (χ3n) is 6.12. The molecule has 2 N–H and O–H groups in total. The summed E-state index contributed by atoms with van der Waals surface area (Å²) in [6.07, 6.45) is 1.09. The predicted molar refractivity (Wildman–Crippen MR) is 138 cm³/mol. The summed E-state index contributed by atoms with van der Waals surface area (Å²) in [5.74, 6) is -1.54. The molecule has 11 heteroatoms. The fraction of sp³-hybridized carbons (Fsp3) is 0.192. The lowest BCUT2D eigenvalue weighted by atomic mass is 10.1. The number of fused-ring (bicyclic) bond motifs is 1. The van der Waals surface area contributed by atoms with Crippen molar-refractivity contribution in [3.63, 3.8) is 0 Å². The van der Waals surface area contributed by atoms with E-state index in [0.717, 1.165) is 17.0 Å². The molecule has 0 atom stereocenters. The minimum Gasteiger partial charge on any atom is -0.318 e. The van der Waals surface area contributed by atoms with Gasteiger partial charge in [0.2, 0.25) is 5.91 Å². The van der Waals surface area contributed by atoms with Gasteiger partial charge < -0.3 is 15.5 Å². The van der Waals surface area contributed by atoms with Crippen LogP contribution < -0.4 is 15.5 Å². The van der Waals surface area contributed by atoms with E-state index in [9.17, 15) is 22.4 Å². The molecule has 37 heavy (non-hydrogen) atoms. The Morgan fingerprint density at radius 1 is 1.08 bits per heavy atom. The maximum atomic E-state index is 15.0.